The van der Waals surface area contributed by atoms with Crippen LogP contribution in [0.1, 0.15) is 22.8 Å². The standard InChI is InChI=1S/C18H20O4/c1-14(19)16-7-9-18(10-8-16)22-13-17(20)12-21-11-15-5-3-2-4-6-15/h2-10,17,20H,11-13H2,1H3. The van der Waals surface area contributed by atoms with E-state index in [4.69, 9.17) is 9.47 Å². The molecule has 0 aliphatic carbocycles. The second-order valence-electron chi connectivity index (χ2n) is 5.05. The molecule has 0 aliphatic rings. The normalized spacial score (nSPS) is 11.9. The summed E-state index contributed by atoms with van der Waals surface area (Å²) >= 11 is 0. The largest absolute Gasteiger partial charge is 0.491 e. The molecule has 2 aromatic carbocycles. The van der Waals surface area contributed by atoms with Gasteiger partial charge in [-0.15, -0.1) is 0 Å². The summed E-state index contributed by atoms with van der Waals surface area (Å²) in [6, 6.07) is 16.6. The number of benzene rings is 2. The molecule has 0 aromatic heterocycles. The van der Waals surface area contributed by atoms with Crippen LogP contribution >= 0.6 is 0 Å². The van der Waals surface area contributed by atoms with Gasteiger partial charge in [-0.3, -0.25) is 4.79 Å². The molecule has 4 nitrogen and oxygen atoms in total. The Hall–Kier alpha value is -2.17. The van der Waals surface area contributed by atoms with Crippen molar-refractivity contribution in [1.29, 1.82) is 0 Å². The number of aliphatic hydroxyl groups excluding tert-OH is 1. The number of Topliss-reactive ketones (excluding diaryl/α,β-unsaturated/α-hetero) is 1. The molecular weight excluding hydrogens is 280 g/mol. The van der Waals surface area contributed by atoms with E-state index in [1.165, 1.54) is 6.92 Å². The zero-order valence-corrected chi connectivity index (χ0v) is 12.6. The van der Waals surface area contributed by atoms with E-state index in [1.807, 2.05) is 30.3 Å². The van der Waals surface area contributed by atoms with Crippen LogP contribution in [0, 0.1) is 0 Å². The van der Waals surface area contributed by atoms with E-state index in [0.29, 0.717) is 17.9 Å². The zero-order valence-electron chi connectivity index (χ0n) is 12.6. The molecule has 0 spiro atoms. The molecule has 0 amide bonds. The maximum Gasteiger partial charge on any atom is 0.159 e. The summed E-state index contributed by atoms with van der Waals surface area (Å²) in [7, 11) is 0. The highest BCUT2D eigenvalue weighted by molar-refractivity contribution is 5.94. The monoisotopic (exact) mass is 300 g/mol. The van der Waals surface area contributed by atoms with Crippen molar-refractivity contribution in [3.63, 3.8) is 0 Å². The second-order valence-corrected chi connectivity index (χ2v) is 5.05. The van der Waals surface area contributed by atoms with Gasteiger partial charge < -0.3 is 14.6 Å². The summed E-state index contributed by atoms with van der Waals surface area (Å²) in [5.41, 5.74) is 1.70. The number of carbonyl (C=O) groups excluding carboxylic acids is 1. The van der Waals surface area contributed by atoms with Crippen LogP contribution in [-0.2, 0) is 11.3 Å². The number of ether oxygens (including phenoxy) is 2. The molecule has 0 fully saturated rings. The van der Waals surface area contributed by atoms with Gasteiger partial charge in [0.05, 0.1) is 13.2 Å². The van der Waals surface area contributed by atoms with Crippen LogP contribution in [0.2, 0.25) is 0 Å². The molecule has 22 heavy (non-hydrogen) atoms. The third-order valence-corrected chi connectivity index (χ3v) is 3.13. The van der Waals surface area contributed by atoms with Gasteiger partial charge in [-0.2, -0.15) is 0 Å². The van der Waals surface area contributed by atoms with Crippen molar-refractivity contribution in [3.8, 4) is 5.75 Å². The molecule has 1 unspecified atom stereocenters. The fourth-order valence-corrected chi connectivity index (χ4v) is 1.91. The van der Waals surface area contributed by atoms with Gasteiger partial charge in [0.15, 0.2) is 5.78 Å². The summed E-state index contributed by atoms with van der Waals surface area (Å²) in [4.78, 5) is 11.2. The van der Waals surface area contributed by atoms with Gasteiger partial charge in [-0.25, -0.2) is 0 Å². The van der Waals surface area contributed by atoms with Crippen molar-refractivity contribution in [2.24, 2.45) is 0 Å². The van der Waals surface area contributed by atoms with Crippen LogP contribution in [-0.4, -0.2) is 30.2 Å². The Morgan fingerprint density at radius 2 is 1.73 bits per heavy atom. The van der Waals surface area contributed by atoms with Gasteiger partial charge in [0.25, 0.3) is 0 Å². The van der Waals surface area contributed by atoms with Crippen molar-refractivity contribution >= 4 is 5.78 Å². The first-order valence-electron chi connectivity index (χ1n) is 7.18. The number of ketones is 1. The lowest BCUT2D eigenvalue weighted by Crippen LogP contribution is -2.23. The van der Waals surface area contributed by atoms with Crippen LogP contribution in [0.5, 0.6) is 5.75 Å². The van der Waals surface area contributed by atoms with E-state index in [1.54, 1.807) is 24.3 Å². The van der Waals surface area contributed by atoms with Crippen molar-refractivity contribution in [2.75, 3.05) is 13.2 Å². The second kappa shape index (κ2) is 8.32. The van der Waals surface area contributed by atoms with Gasteiger partial charge >= 0.3 is 0 Å². The molecule has 4 heteroatoms. The number of hydrogen-bond donors (Lipinski definition) is 1. The summed E-state index contributed by atoms with van der Waals surface area (Å²) in [6.07, 6.45) is -0.698. The molecule has 1 N–H and O–H groups in total. The summed E-state index contributed by atoms with van der Waals surface area (Å²) in [5.74, 6) is 0.632. The quantitative estimate of drug-likeness (QED) is 0.762. The predicted octanol–water partition coefficient (Wildman–Crippen LogP) is 2.85. The molecule has 0 saturated carbocycles. The molecule has 2 aromatic rings. The molecule has 0 saturated heterocycles. The number of hydrogen-bond acceptors (Lipinski definition) is 4. The van der Waals surface area contributed by atoms with Gasteiger partial charge in [0, 0.05) is 5.56 Å². The van der Waals surface area contributed by atoms with E-state index in [2.05, 4.69) is 0 Å². The lowest BCUT2D eigenvalue weighted by molar-refractivity contribution is 0.00549. The fourth-order valence-electron chi connectivity index (χ4n) is 1.91. The summed E-state index contributed by atoms with van der Waals surface area (Å²) in [5, 5.41) is 9.83. The molecule has 2 rings (SSSR count). The highest BCUT2D eigenvalue weighted by Crippen LogP contribution is 2.13. The van der Waals surface area contributed by atoms with E-state index in [9.17, 15) is 9.90 Å². The smallest absolute Gasteiger partial charge is 0.159 e. The molecule has 1 atom stereocenters. The van der Waals surface area contributed by atoms with Crippen LogP contribution in [0.15, 0.2) is 54.6 Å². The van der Waals surface area contributed by atoms with E-state index in [0.717, 1.165) is 5.56 Å². The van der Waals surface area contributed by atoms with Crippen molar-refractivity contribution in [3.05, 3.63) is 65.7 Å². The Labute approximate surface area is 130 Å². The molecule has 116 valence electrons. The highest BCUT2D eigenvalue weighted by atomic mass is 16.5. The van der Waals surface area contributed by atoms with E-state index in [-0.39, 0.29) is 19.0 Å². The van der Waals surface area contributed by atoms with Gasteiger partial charge in [0.1, 0.15) is 18.5 Å². The third kappa shape index (κ3) is 5.31. The fraction of sp³-hybridized carbons (Fsp3) is 0.278. The molecule has 0 radical (unpaired) electrons. The van der Waals surface area contributed by atoms with Crippen LogP contribution in [0.3, 0.4) is 0 Å². The maximum absolute atomic E-state index is 11.2. The molecule has 0 bridgehead atoms. The Morgan fingerprint density at radius 1 is 1.05 bits per heavy atom. The maximum atomic E-state index is 11.2. The SMILES string of the molecule is CC(=O)c1ccc(OCC(O)COCc2ccccc2)cc1. The zero-order chi connectivity index (χ0) is 15.8. The van der Waals surface area contributed by atoms with Crippen molar-refractivity contribution < 1.29 is 19.4 Å². The minimum absolute atomic E-state index is 0.0147. The summed E-state index contributed by atoms with van der Waals surface area (Å²) < 4.78 is 10.9. The average Bonchev–Trinajstić information content (AvgIpc) is 2.54. The van der Waals surface area contributed by atoms with Crippen molar-refractivity contribution in [1.82, 2.24) is 0 Å². The van der Waals surface area contributed by atoms with Crippen LogP contribution < -0.4 is 4.74 Å². The number of rotatable bonds is 8. The Morgan fingerprint density at radius 3 is 2.36 bits per heavy atom. The lowest BCUT2D eigenvalue weighted by Gasteiger charge is -2.13. The Bertz CT molecular complexity index is 578. The van der Waals surface area contributed by atoms with Crippen LogP contribution in [0.25, 0.3) is 0 Å². The summed E-state index contributed by atoms with van der Waals surface area (Å²) in [6.45, 7) is 2.34. The third-order valence-electron chi connectivity index (χ3n) is 3.13. The van der Waals surface area contributed by atoms with Crippen LogP contribution in [0.4, 0.5) is 0 Å². The number of aliphatic hydroxyl groups is 1. The predicted molar refractivity (Wildman–Crippen MR) is 84.0 cm³/mol. The van der Waals surface area contributed by atoms with E-state index < -0.39 is 6.10 Å². The van der Waals surface area contributed by atoms with Gasteiger partial charge in [-0.05, 0) is 36.8 Å². The minimum Gasteiger partial charge on any atom is -0.491 e. The van der Waals surface area contributed by atoms with E-state index >= 15 is 0 Å². The van der Waals surface area contributed by atoms with Gasteiger partial charge in [0.2, 0.25) is 0 Å². The number of carbonyl (C=O) groups is 1. The minimum atomic E-state index is -0.698. The Balaban J connectivity index is 1.69. The first-order chi connectivity index (χ1) is 10.6. The Kier molecular flexibility index (Phi) is 6.13. The average molecular weight is 300 g/mol. The van der Waals surface area contributed by atoms with Gasteiger partial charge in [-0.1, -0.05) is 30.3 Å². The molecule has 0 heterocycles. The topological polar surface area (TPSA) is 55.8 Å². The highest BCUT2D eigenvalue weighted by Gasteiger charge is 2.06. The lowest BCUT2D eigenvalue weighted by atomic mass is 10.1. The molecule has 0 aliphatic heterocycles. The first-order valence-corrected chi connectivity index (χ1v) is 7.18. The van der Waals surface area contributed by atoms with Crippen molar-refractivity contribution in [2.45, 2.75) is 19.6 Å². The molecular formula is C18H20O4. The first kappa shape index (κ1) is 16.2.